The Morgan fingerprint density at radius 1 is 1.29 bits per heavy atom. The number of hydrogen-bond donors (Lipinski definition) is 1. The number of morpholine rings is 1. The molecule has 94 valence electrons. The van der Waals surface area contributed by atoms with E-state index in [4.69, 9.17) is 4.74 Å². The fourth-order valence-electron chi connectivity index (χ4n) is 1.75. The van der Waals surface area contributed by atoms with Crippen molar-refractivity contribution in [3.8, 4) is 0 Å². The molecule has 1 saturated heterocycles. The lowest BCUT2D eigenvalue weighted by Gasteiger charge is -2.25. The van der Waals surface area contributed by atoms with Crippen molar-refractivity contribution in [3.05, 3.63) is 35.1 Å². The van der Waals surface area contributed by atoms with Gasteiger partial charge in [-0.2, -0.15) is 13.2 Å². The zero-order valence-electron chi connectivity index (χ0n) is 8.85. The van der Waals surface area contributed by atoms with Gasteiger partial charge < -0.3 is 10.1 Å². The van der Waals surface area contributed by atoms with Crippen molar-refractivity contribution < 1.29 is 22.3 Å². The molecule has 6 heteroatoms. The molecule has 1 N–H and O–H groups in total. The molecular formula is C11H11F4NO. The van der Waals surface area contributed by atoms with Crippen LogP contribution in [0.1, 0.15) is 17.2 Å². The van der Waals surface area contributed by atoms with Crippen molar-refractivity contribution in [2.75, 3.05) is 19.8 Å². The topological polar surface area (TPSA) is 21.3 Å². The maximum atomic E-state index is 13.5. The number of hydrogen-bond acceptors (Lipinski definition) is 2. The minimum atomic E-state index is -4.46. The van der Waals surface area contributed by atoms with Crippen molar-refractivity contribution in [2.45, 2.75) is 12.2 Å². The first-order chi connectivity index (χ1) is 7.98. The highest BCUT2D eigenvalue weighted by Gasteiger charge is 2.32. The molecule has 0 amide bonds. The fraction of sp³-hybridized carbons (Fsp3) is 0.455. The molecule has 1 heterocycles. The molecule has 1 aromatic carbocycles. The molecule has 2 nitrogen and oxygen atoms in total. The van der Waals surface area contributed by atoms with Crippen LogP contribution in [0.3, 0.4) is 0 Å². The van der Waals surface area contributed by atoms with Crippen LogP contribution in [0.25, 0.3) is 0 Å². The fourth-order valence-corrected chi connectivity index (χ4v) is 1.75. The van der Waals surface area contributed by atoms with Crippen LogP contribution in [-0.2, 0) is 10.9 Å². The number of rotatable bonds is 1. The Morgan fingerprint density at radius 2 is 2.06 bits per heavy atom. The quantitative estimate of drug-likeness (QED) is 0.772. The second-order valence-electron chi connectivity index (χ2n) is 3.82. The van der Waals surface area contributed by atoms with Crippen LogP contribution in [-0.4, -0.2) is 19.8 Å². The van der Waals surface area contributed by atoms with Gasteiger partial charge in [0.2, 0.25) is 0 Å². The lowest BCUT2D eigenvalue weighted by Crippen LogP contribution is -2.35. The minimum Gasteiger partial charge on any atom is -0.378 e. The Balaban J connectivity index is 2.31. The molecule has 0 unspecified atom stereocenters. The molecule has 17 heavy (non-hydrogen) atoms. The van der Waals surface area contributed by atoms with Gasteiger partial charge in [-0.1, -0.05) is 0 Å². The Hall–Kier alpha value is -1.14. The molecule has 1 aliphatic heterocycles. The van der Waals surface area contributed by atoms with Gasteiger partial charge in [-0.25, -0.2) is 4.39 Å². The van der Waals surface area contributed by atoms with E-state index in [1.54, 1.807) is 0 Å². The zero-order valence-corrected chi connectivity index (χ0v) is 8.85. The van der Waals surface area contributed by atoms with E-state index in [0.717, 1.165) is 18.2 Å². The van der Waals surface area contributed by atoms with E-state index in [2.05, 4.69) is 5.32 Å². The highest BCUT2D eigenvalue weighted by atomic mass is 19.4. The van der Waals surface area contributed by atoms with Gasteiger partial charge in [0.1, 0.15) is 5.82 Å². The van der Waals surface area contributed by atoms with E-state index in [1.165, 1.54) is 0 Å². The second-order valence-corrected chi connectivity index (χ2v) is 3.82. The maximum Gasteiger partial charge on any atom is 0.416 e. The van der Waals surface area contributed by atoms with Gasteiger partial charge in [0, 0.05) is 12.1 Å². The first kappa shape index (κ1) is 12.3. The first-order valence-electron chi connectivity index (χ1n) is 5.16. The lowest BCUT2D eigenvalue weighted by molar-refractivity contribution is -0.137. The van der Waals surface area contributed by atoms with Crippen molar-refractivity contribution >= 4 is 0 Å². The Bertz CT molecular complexity index is 399. The summed E-state index contributed by atoms with van der Waals surface area (Å²) in [5.41, 5.74) is -0.846. The monoisotopic (exact) mass is 249 g/mol. The molecule has 1 atom stereocenters. The first-order valence-corrected chi connectivity index (χ1v) is 5.16. The predicted molar refractivity (Wildman–Crippen MR) is 53.0 cm³/mol. The third kappa shape index (κ3) is 2.76. The van der Waals surface area contributed by atoms with Crippen LogP contribution in [0.15, 0.2) is 18.2 Å². The van der Waals surface area contributed by atoms with Crippen molar-refractivity contribution in [2.24, 2.45) is 0 Å². The molecule has 1 fully saturated rings. The van der Waals surface area contributed by atoms with Gasteiger partial charge in [-0.3, -0.25) is 0 Å². The van der Waals surface area contributed by atoms with E-state index in [-0.39, 0.29) is 12.2 Å². The summed E-state index contributed by atoms with van der Waals surface area (Å²) in [4.78, 5) is 0. The van der Waals surface area contributed by atoms with E-state index in [1.807, 2.05) is 0 Å². The molecule has 0 spiro atoms. The summed E-state index contributed by atoms with van der Waals surface area (Å²) in [7, 11) is 0. The standard InChI is InChI=1S/C11H11F4NO/c12-9-2-1-7(11(13,14)15)5-8(9)10-6-17-4-3-16-10/h1-2,5,10,16H,3-4,6H2/t10-/m1/s1. The smallest absolute Gasteiger partial charge is 0.378 e. The molecule has 0 aliphatic carbocycles. The van der Waals surface area contributed by atoms with Gasteiger partial charge in [0.15, 0.2) is 0 Å². The average Bonchev–Trinajstić information content (AvgIpc) is 2.29. The van der Waals surface area contributed by atoms with Crippen molar-refractivity contribution in [1.29, 1.82) is 0 Å². The third-order valence-corrected chi connectivity index (χ3v) is 2.62. The number of ether oxygens (including phenoxy) is 1. The van der Waals surface area contributed by atoms with Gasteiger partial charge in [0.05, 0.1) is 24.8 Å². The Kier molecular flexibility index (Phi) is 3.35. The van der Waals surface area contributed by atoms with Crippen LogP contribution >= 0.6 is 0 Å². The van der Waals surface area contributed by atoms with Gasteiger partial charge in [-0.05, 0) is 18.2 Å². The summed E-state index contributed by atoms with van der Waals surface area (Å²) in [6.07, 6.45) is -4.46. The van der Waals surface area contributed by atoms with Gasteiger partial charge in [0.25, 0.3) is 0 Å². The molecule has 1 aromatic rings. The minimum absolute atomic E-state index is 0.000440. The average molecular weight is 249 g/mol. The van der Waals surface area contributed by atoms with Crippen LogP contribution in [0.4, 0.5) is 17.6 Å². The maximum absolute atomic E-state index is 13.5. The third-order valence-electron chi connectivity index (χ3n) is 2.62. The summed E-state index contributed by atoms with van der Waals surface area (Å²) < 4.78 is 56.1. The van der Waals surface area contributed by atoms with E-state index in [9.17, 15) is 17.6 Å². The van der Waals surface area contributed by atoms with Crippen LogP contribution in [0.2, 0.25) is 0 Å². The number of halogens is 4. The molecule has 0 saturated carbocycles. The molecular weight excluding hydrogens is 238 g/mol. The summed E-state index contributed by atoms with van der Waals surface area (Å²) in [6.45, 7) is 1.16. The summed E-state index contributed by atoms with van der Waals surface area (Å²) in [6, 6.07) is 1.89. The van der Waals surface area contributed by atoms with E-state index < -0.39 is 23.6 Å². The normalized spacial score (nSPS) is 21.5. The molecule has 2 rings (SSSR count). The van der Waals surface area contributed by atoms with Crippen molar-refractivity contribution in [1.82, 2.24) is 5.32 Å². The number of alkyl halides is 3. The zero-order chi connectivity index (χ0) is 12.5. The summed E-state index contributed by atoms with van der Waals surface area (Å²) in [5.74, 6) is -0.652. The lowest BCUT2D eigenvalue weighted by atomic mass is 10.0. The SMILES string of the molecule is Fc1ccc(C(F)(F)F)cc1[C@H]1COCCN1. The Labute approximate surface area is 95.6 Å². The van der Waals surface area contributed by atoms with Crippen molar-refractivity contribution in [3.63, 3.8) is 0 Å². The van der Waals surface area contributed by atoms with E-state index in [0.29, 0.717) is 13.2 Å². The van der Waals surface area contributed by atoms with Gasteiger partial charge in [-0.15, -0.1) is 0 Å². The molecule has 0 aromatic heterocycles. The summed E-state index contributed by atoms with van der Waals surface area (Å²) in [5, 5.41) is 2.92. The van der Waals surface area contributed by atoms with Crippen LogP contribution in [0, 0.1) is 5.82 Å². The van der Waals surface area contributed by atoms with Crippen LogP contribution in [0.5, 0.6) is 0 Å². The summed E-state index contributed by atoms with van der Waals surface area (Å²) >= 11 is 0. The van der Waals surface area contributed by atoms with Crippen LogP contribution < -0.4 is 5.32 Å². The molecule has 0 bridgehead atoms. The molecule has 1 aliphatic rings. The van der Waals surface area contributed by atoms with E-state index >= 15 is 0 Å². The number of nitrogens with one attached hydrogen (secondary N) is 1. The second kappa shape index (κ2) is 4.62. The number of benzene rings is 1. The Morgan fingerprint density at radius 3 is 2.65 bits per heavy atom. The molecule has 0 radical (unpaired) electrons. The largest absolute Gasteiger partial charge is 0.416 e. The van der Waals surface area contributed by atoms with Gasteiger partial charge >= 0.3 is 6.18 Å². The predicted octanol–water partition coefficient (Wildman–Crippen LogP) is 2.51. The highest BCUT2D eigenvalue weighted by Crippen LogP contribution is 2.32. The highest BCUT2D eigenvalue weighted by molar-refractivity contribution is 5.29.